The summed E-state index contributed by atoms with van der Waals surface area (Å²) >= 11 is 0. The second kappa shape index (κ2) is 8.10. The molecule has 0 saturated carbocycles. The zero-order valence-electron chi connectivity index (χ0n) is 15.8. The standard InChI is InChI=1S/C22H20N2O5/c1-23-21(25)20-13-24(17-9-5-6-10-18(17)29-20)22(26)19-12-11-16(28-19)14-27-15-7-3-2-4-8-15/h2-12,20H,13-14H2,1H3,(H,23,25). The molecule has 0 saturated heterocycles. The lowest BCUT2D eigenvalue weighted by atomic mass is 10.1. The minimum absolute atomic E-state index is 0.0894. The normalized spacial score (nSPS) is 15.2. The van der Waals surface area contributed by atoms with Gasteiger partial charge in [0.15, 0.2) is 11.9 Å². The van der Waals surface area contributed by atoms with Gasteiger partial charge in [0.25, 0.3) is 11.8 Å². The van der Waals surface area contributed by atoms with E-state index in [2.05, 4.69) is 5.32 Å². The molecule has 1 aliphatic rings. The molecule has 1 aromatic heterocycles. The molecule has 0 bridgehead atoms. The van der Waals surface area contributed by atoms with Crippen LogP contribution in [0.25, 0.3) is 0 Å². The molecule has 0 spiro atoms. The topological polar surface area (TPSA) is 81.0 Å². The second-order valence-corrected chi connectivity index (χ2v) is 6.47. The summed E-state index contributed by atoms with van der Waals surface area (Å²) in [7, 11) is 1.53. The van der Waals surface area contributed by atoms with E-state index in [1.807, 2.05) is 36.4 Å². The molecule has 7 nitrogen and oxygen atoms in total. The zero-order valence-corrected chi connectivity index (χ0v) is 15.8. The third kappa shape index (κ3) is 3.94. The molecule has 7 heteroatoms. The molecule has 0 aliphatic carbocycles. The van der Waals surface area contributed by atoms with Gasteiger partial charge in [-0.1, -0.05) is 30.3 Å². The fourth-order valence-electron chi connectivity index (χ4n) is 3.10. The Kier molecular flexibility index (Phi) is 5.20. The summed E-state index contributed by atoms with van der Waals surface area (Å²) in [6.07, 6.45) is -0.797. The summed E-state index contributed by atoms with van der Waals surface area (Å²) in [6.45, 7) is 0.296. The maximum atomic E-state index is 13.1. The number of carbonyl (C=O) groups excluding carboxylic acids is 2. The first-order valence-corrected chi connectivity index (χ1v) is 9.21. The third-order valence-corrected chi connectivity index (χ3v) is 4.55. The number of anilines is 1. The average Bonchev–Trinajstić information content (AvgIpc) is 3.25. The lowest BCUT2D eigenvalue weighted by Gasteiger charge is -2.33. The first-order valence-electron chi connectivity index (χ1n) is 9.21. The van der Waals surface area contributed by atoms with Crippen molar-refractivity contribution in [1.29, 1.82) is 0 Å². The minimum Gasteiger partial charge on any atom is -0.486 e. The van der Waals surface area contributed by atoms with Crippen LogP contribution in [0.4, 0.5) is 5.69 Å². The van der Waals surface area contributed by atoms with Gasteiger partial charge < -0.3 is 19.2 Å². The van der Waals surface area contributed by atoms with Crippen LogP contribution in [0.1, 0.15) is 16.3 Å². The number of benzene rings is 2. The Morgan fingerprint density at radius 2 is 1.83 bits per heavy atom. The molecule has 1 atom stereocenters. The number of ether oxygens (including phenoxy) is 2. The van der Waals surface area contributed by atoms with Crippen LogP contribution in [0.15, 0.2) is 71.1 Å². The molecule has 1 N–H and O–H groups in total. The molecule has 2 heterocycles. The van der Waals surface area contributed by atoms with Gasteiger partial charge in [-0.15, -0.1) is 0 Å². The maximum Gasteiger partial charge on any atom is 0.294 e. The van der Waals surface area contributed by atoms with Crippen molar-refractivity contribution < 1.29 is 23.5 Å². The molecule has 0 radical (unpaired) electrons. The number of nitrogens with zero attached hydrogens (tertiary/aromatic N) is 1. The second-order valence-electron chi connectivity index (χ2n) is 6.47. The number of fused-ring (bicyclic) bond motifs is 1. The van der Waals surface area contributed by atoms with Gasteiger partial charge >= 0.3 is 0 Å². The number of amides is 2. The minimum atomic E-state index is -0.797. The van der Waals surface area contributed by atoms with Gasteiger partial charge in [0.1, 0.15) is 23.9 Å². The molecule has 0 fully saturated rings. The van der Waals surface area contributed by atoms with Gasteiger partial charge in [0, 0.05) is 7.05 Å². The first kappa shape index (κ1) is 18.6. The Morgan fingerprint density at radius 3 is 2.62 bits per heavy atom. The number of carbonyl (C=O) groups is 2. The lowest BCUT2D eigenvalue weighted by Crippen LogP contribution is -2.50. The number of hydrogen-bond donors (Lipinski definition) is 1. The lowest BCUT2D eigenvalue weighted by molar-refractivity contribution is -0.127. The Morgan fingerprint density at radius 1 is 1.07 bits per heavy atom. The highest BCUT2D eigenvalue weighted by atomic mass is 16.5. The van der Waals surface area contributed by atoms with E-state index in [1.165, 1.54) is 11.9 Å². The van der Waals surface area contributed by atoms with Gasteiger partial charge in [0.2, 0.25) is 0 Å². The van der Waals surface area contributed by atoms with Gasteiger partial charge in [-0.2, -0.15) is 0 Å². The Labute approximate surface area is 167 Å². The van der Waals surface area contributed by atoms with E-state index in [9.17, 15) is 9.59 Å². The van der Waals surface area contributed by atoms with Crippen molar-refractivity contribution in [1.82, 2.24) is 5.32 Å². The van der Waals surface area contributed by atoms with Crippen molar-refractivity contribution in [3.05, 3.63) is 78.3 Å². The van der Waals surface area contributed by atoms with Crippen LogP contribution in [0.2, 0.25) is 0 Å². The zero-order chi connectivity index (χ0) is 20.2. The van der Waals surface area contributed by atoms with Crippen LogP contribution < -0.4 is 19.7 Å². The molecule has 29 heavy (non-hydrogen) atoms. The van der Waals surface area contributed by atoms with Crippen LogP contribution >= 0.6 is 0 Å². The van der Waals surface area contributed by atoms with Crippen LogP contribution in [-0.4, -0.2) is 31.5 Å². The van der Waals surface area contributed by atoms with Gasteiger partial charge in [0.05, 0.1) is 12.2 Å². The molecule has 4 rings (SSSR count). The van der Waals surface area contributed by atoms with Crippen molar-refractivity contribution in [2.45, 2.75) is 12.7 Å². The SMILES string of the molecule is CNC(=O)C1CN(C(=O)c2ccc(COc3ccccc3)o2)c2ccccc2O1. The van der Waals surface area contributed by atoms with Gasteiger partial charge in [-0.25, -0.2) is 0 Å². The number of likely N-dealkylation sites (N-methyl/N-ethyl adjacent to an activating group) is 1. The predicted molar refractivity (Wildman–Crippen MR) is 106 cm³/mol. The van der Waals surface area contributed by atoms with Gasteiger partial charge in [-0.3, -0.25) is 14.5 Å². The number of para-hydroxylation sites is 3. The molecule has 2 amide bonds. The molecular formula is C22H20N2O5. The van der Waals surface area contributed by atoms with Crippen LogP contribution in [-0.2, 0) is 11.4 Å². The van der Waals surface area contributed by atoms with E-state index >= 15 is 0 Å². The summed E-state index contributed by atoms with van der Waals surface area (Å²) in [4.78, 5) is 26.7. The van der Waals surface area contributed by atoms with E-state index in [1.54, 1.807) is 30.3 Å². The number of hydrogen-bond acceptors (Lipinski definition) is 5. The highest BCUT2D eigenvalue weighted by Crippen LogP contribution is 2.34. The van der Waals surface area contributed by atoms with Crippen molar-refractivity contribution in [3.8, 4) is 11.5 Å². The smallest absolute Gasteiger partial charge is 0.294 e. The average molecular weight is 392 g/mol. The van der Waals surface area contributed by atoms with Crippen molar-refractivity contribution in [2.24, 2.45) is 0 Å². The van der Waals surface area contributed by atoms with Crippen molar-refractivity contribution in [2.75, 3.05) is 18.5 Å². The Hall–Kier alpha value is -3.74. The summed E-state index contributed by atoms with van der Waals surface area (Å²) < 4.78 is 17.1. The fraction of sp³-hybridized carbons (Fsp3) is 0.182. The summed E-state index contributed by atoms with van der Waals surface area (Å²) in [5.74, 6) is 1.24. The largest absolute Gasteiger partial charge is 0.486 e. The third-order valence-electron chi connectivity index (χ3n) is 4.55. The van der Waals surface area contributed by atoms with E-state index in [4.69, 9.17) is 13.9 Å². The highest BCUT2D eigenvalue weighted by Gasteiger charge is 2.34. The summed E-state index contributed by atoms with van der Waals surface area (Å²) in [5, 5.41) is 2.56. The molecule has 1 unspecified atom stereocenters. The molecule has 1 aliphatic heterocycles. The van der Waals surface area contributed by atoms with E-state index in [-0.39, 0.29) is 30.7 Å². The maximum absolute atomic E-state index is 13.1. The molecular weight excluding hydrogens is 372 g/mol. The van der Waals surface area contributed by atoms with Crippen LogP contribution in [0.3, 0.4) is 0 Å². The van der Waals surface area contributed by atoms with E-state index in [0.29, 0.717) is 22.9 Å². The Balaban J connectivity index is 1.52. The fourth-order valence-corrected chi connectivity index (χ4v) is 3.10. The Bertz CT molecular complexity index is 1010. The molecule has 2 aromatic carbocycles. The quantitative estimate of drug-likeness (QED) is 0.722. The van der Waals surface area contributed by atoms with Gasteiger partial charge in [-0.05, 0) is 36.4 Å². The summed E-state index contributed by atoms with van der Waals surface area (Å²) in [6, 6.07) is 19.8. The van der Waals surface area contributed by atoms with E-state index < -0.39 is 6.10 Å². The number of rotatable bonds is 5. The van der Waals surface area contributed by atoms with E-state index in [0.717, 1.165) is 0 Å². The molecule has 148 valence electrons. The monoisotopic (exact) mass is 392 g/mol. The predicted octanol–water partition coefficient (Wildman–Crippen LogP) is 3.01. The summed E-state index contributed by atoms with van der Waals surface area (Å²) in [5.41, 5.74) is 0.594. The first-order chi connectivity index (χ1) is 14.2. The number of furan rings is 1. The van der Waals surface area contributed by atoms with Crippen molar-refractivity contribution in [3.63, 3.8) is 0 Å². The molecule has 3 aromatic rings. The van der Waals surface area contributed by atoms with Crippen LogP contribution in [0.5, 0.6) is 11.5 Å². The van der Waals surface area contributed by atoms with Crippen LogP contribution in [0, 0.1) is 0 Å². The number of nitrogens with one attached hydrogen (secondary N) is 1. The van der Waals surface area contributed by atoms with Crippen molar-refractivity contribution >= 4 is 17.5 Å². The highest BCUT2D eigenvalue weighted by molar-refractivity contribution is 6.06.